The van der Waals surface area contributed by atoms with E-state index in [1.807, 2.05) is 30.6 Å². The van der Waals surface area contributed by atoms with Gasteiger partial charge in [-0.15, -0.1) is 0 Å². The van der Waals surface area contributed by atoms with E-state index in [1.165, 1.54) is 11.1 Å². The first-order valence-electron chi connectivity index (χ1n) is 11.0. The number of benzene rings is 2. The largest absolute Gasteiger partial charge is 0.352 e. The molecule has 0 spiro atoms. The molecule has 0 bridgehead atoms. The minimum atomic E-state index is 0.0366. The molecule has 1 N–H and O–H groups in total. The van der Waals surface area contributed by atoms with Gasteiger partial charge in [-0.2, -0.15) is 4.57 Å². The SMILES string of the molecule is Cc1ccc(CNC(=O)CCn2cc(-c3ccc(C)cc3)nc2C[n+]2ccccc2)cc1. The lowest BCUT2D eigenvalue weighted by atomic mass is 10.1. The molecule has 4 rings (SSSR count). The molecular formula is C27H29N4O+. The van der Waals surface area contributed by atoms with Gasteiger partial charge in [0.1, 0.15) is 0 Å². The van der Waals surface area contributed by atoms with Gasteiger partial charge in [0.2, 0.25) is 12.5 Å². The predicted octanol–water partition coefficient (Wildman–Crippen LogP) is 4.21. The smallest absolute Gasteiger partial charge is 0.222 e. The second kappa shape index (κ2) is 10.1. The van der Waals surface area contributed by atoms with Gasteiger partial charge < -0.3 is 9.88 Å². The van der Waals surface area contributed by atoms with Crippen LogP contribution >= 0.6 is 0 Å². The number of amides is 1. The summed E-state index contributed by atoms with van der Waals surface area (Å²) in [6.07, 6.45) is 6.51. The van der Waals surface area contributed by atoms with E-state index in [1.54, 1.807) is 0 Å². The molecule has 162 valence electrons. The molecule has 0 radical (unpaired) electrons. The van der Waals surface area contributed by atoms with Crippen molar-refractivity contribution >= 4 is 5.91 Å². The molecule has 0 aliphatic heterocycles. The molecule has 2 aromatic carbocycles. The Bertz CT molecular complexity index is 1160. The molecule has 32 heavy (non-hydrogen) atoms. The zero-order chi connectivity index (χ0) is 22.3. The van der Waals surface area contributed by atoms with Crippen LogP contribution in [0.2, 0.25) is 0 Å². The average molecular weight is 426 g/mol. The van der Waals surface area contributed by atoms with Crippen molar-refractivity contribution in [1.82, 2.24) is 14.9 Å². The molecule has 0 fully saturated rings. The fraction of sp³-hybridized carbons (Fsp3) is 0.222. The summed E-state index contributed by atoms with van der Waals surface area (Å²) in [7, 11) is 0. The molecule has 5 heteroatoms. The lowest BCUT2D eigenvalue weighted by Crippen LogP contribution is -2.34. The van der Waals surface area contributed by atoms with Gasteiger partial charge in [0.05, 0.1) is 5.69 Å². The number of carbonyl (C=O) groups excluding carboxylic acids is 1. The Morgan fingerprint density at radius 3 is 2.28 bits per heavy atom. The molecule has 0 aliphatic rings. The zero-order valence-corrected chi connectivity index (χ0v) is 18.7. The number of rotatable bonds is 8. The molecule has 0 unspecified atom stereocenters. The Kier molecular flexibility index (Phi) is 6.75. The number of hydrogen-bond donors (Lipinski definition) is 1. The highest BCUT2D eigenvalue weighted by Gasteiger charge is 2.15. The minimum Gasteiger partial charge on any atom is -0.352 e. The molecule has 0 saturated heterocycles. The second-order valence-electron chi connectivity index (χ2n) is 8.16. The van der Waals surface area contributed by atoms with E-state index in [2.05, 4.69) is 83.0 Å². The summed E-state index contributed by atoms with van der Waals surface area (Å²) >= 11 is 0. The maximum atomic E-state index is 12.5. The van der Waals surface area contributed by atoms with Crippen molar-refractivity contribution in [1.29, 1.82) is 0 Å². The van der Waals surface area contributed by atoms with Gasteiger partial charge in [-0.25, -0.2) is 4.98 Å². The van der Waals surface area contributed by atoms with Crippen LogP contribution in [0.3, 0.4) is 0 Å². The van der Waals surface area contributed by atoms with Crippen LogP contribution in [0.5, 0.6) is 0 Å². The van der Waals surface area contributed by atoms with Gasteiger partial charge in [-0.3, -0.25) is 4.79 Å². The molecule has 2 aromatic heterocycles. The first-order valence-corrected chi connectivity index (χ1v) is 11.0. The topological polar surface area (TPSA) is 50.8 Å². The highest BCUT2D eigenvalue weighted by atomic mass is 16.1. The number of aromatic nitrogens is 3. The summed E-state index contributed by atoms with van der Waals surface area (Å²) in [4.78, 5) is 17.4. The summed E-state index contributed by atoms with van der Waals surface area (Å²) in [5, 5.41) is 3.02. The number of pyridine rings is 1. The van der Waals surface area contributed by atoms with Crippen molar-refractivity contribution in [3.8, 4) is 11.3 Å². The standard InChI is InChI=1S/C27H28N4O/c1-21-6-10-23(11-7-21)18-28-27(32)14-17-31-19-25(24-12-8-22(2)9-13-24)29-26(31)20-30-15-4-3-5-16-30/h3-13,15-16,19H,14,17-18,20H2,1-2H3/p+1. The predicted molar refractivity (Wildman–Crippen MR) is 126 cm³/mol. The van der Waals surface area contributed by atoms with Crippen molar-refractivity contribution in [2.24, 2.45) is 0 Å². The van der Waals surface area contributed by atoms with E-state index in [0.717, 1.165) is 22.6 Å². The Morgan fingerprint density at radius 2 is 1.59 bits per heavy atom. The van der Waals surface area contributed by atoms with Crippen LogP contribution < -0.4 is 9.88 Å². The number of aryl methyl sites for hydroxylation is 3. The monoisotopic (exact) mass is 425 g/mol. The minimum absolute atomic E-state index is 0.0366. The molecule has 1 amide bonds. The van der Waals surface area contributed by atoms with Crippen LogP contribution in [-0.2, 0) is 24.4 Å². The van der Waals surface area contributed by atoms with E-state index in [9.17, 15) is 4.79 Å². The molecule has 0 atom stereocenters. The van der Waals surface area contributed by atoms with Crippen LogP contribution in [0, 0.1) is 13.8 Å². The molecule has 2 heterocycles. The lowest BCUT2D eigenvalue weighted by molar-refractivity contribution is -0.689. The summed E-state index contributed by atoms with van der Waals surface area (Å²) in [6.45, 7) is 5.92. The summed E-state index contributed by atoms with van der Waals surface area (Å²) in [5.41, 5.74) is 5.55. The number of carbonyl (C=O) groups is 1. The highest BCUT2D eigenvalue weighted by molar-refractivity contribution is 5.75. The summed E-state index contributed by atoms with van der Waals surface area (Å²) < 4.78 is 4.19. The molecule has 5 nitrogen and oxygen atoms in total. The maximum absolute atomic E-state index is 12.5. The van der Waals surface area contributed by atoms with Gasteiger partial charge in [-0.1, -0.05) is 65.7 Å². The quantitative estimate of drug-likeness (QED) is 0.430. The van der Waals surface area contributed by atoms with Gasteiger partial charge in [-0.05, 0) is 19.4 Å². The summed E-state index contributed by atoms with van der Waals surface area (Å²) in [5.74, 6) is 0.970. The first-order chi connectivity index (χ1) is 15.6. The fourth-order valence-electron chi connectivity index (χ4n) is 3.56. The Balaban J connectivity index is 1.46. The maximum Gasteiger partial charge on any atom is 0.222 e. The first kappa shape index (κ1) is 21.5. The highest BCUT2D eigenvalue weighted by Crippen LogP contribution is 2.20. The van der Waals surface area contributed by atoms with Gasteiger partial charge in [0.15, 0.2) is 18.2 Å². The molecule has 4 aromatic rings. The van der Waals surface area contributed by atoms with Crippen molar-refractivity contribution < 1.29 is 9.36 Å². The van der Waals surface area contributed by atoms with E-state index in [-0.39, 0.29) is 5.91 Å². The number of imidazole rings is 1. The van der Waals surface area contributed by atoms with E-state index < -0.39 is 0 Å². The van der Waals surface area contributed by atoms with E-state index in [0.29, 0.717) is 26.1 Å². The van der Waals surface area contributed by atoms with Crippen molar-refractivity contribution in [2.45, 2.75) is 39.9 Å². The molecule has 0 aliphatic carbocycles. The third-order valence-electron chi connectivity index (χ3n) is 5.50. The van der Waals surface area contributed by atoms with Crippen molar-refractivity contribution in [2.75, 3.05) is 0 Å². The summed E-state index contributed by atoms with van der Waals surface area (Å²) in [6, 6.07) is 22.6. The van der Waals surface area contributed by atoms with Crippen LogP contribution in [0.15, 0.2) is 85.3 Å². The third kappa shape index (κ3) is 5.70. The van der Waals surface area contributed by atoms with Crippen LogP contribution in [0.4, 0.5) is 0 Å². The van der Waals surface area contributed by atoms with Crippen molar-refractivity contribution in [3.05, 3.63) is 108 Å². The molecular weight excluding hydrogens is 396 g/mol. The average Bonchev–Trinajstić information content (AvgIpc) is 3.21. The van der Waals surface area contributed by atoms with E-state index in [4.69, 9.17) is 4.98 Å². The van der Waals surface area contributed by atoms with Crippen LogP contribution in [0.25, 0.3) is 11.3 Å². The number of hydrogen-bond acceptors (Lipinski definition) is 2. The van der Waals surface area contributed by atoms with Gasteiger partial charge >= 0.3 is 0 Å². The fourth-order valence-corrected chi connectivity index (χ4v) is 3.56. The van der Waals surface area contributed by atoms with Gasteiger partial charge in [0.25, 0.3) is 0 Å². The van der Waals surface area contributed by atoms with Crippen molar-refractivity contribution in [3.63, 3.8) is 0 Å². The Morgan fingerprint density at radius 1 is 0.938 bits per heavy atom. The second-order valence-corrected chi connectivity index (χ2v) is 8.16. The Hall–Kier alpha value is -3.73. The number of nitrogens with one attached hydrogen (secondary N) is 1. The van der Waals surface area contributed by atoms with Gasteiger partial charge in [0, 0.05) is 43.4 Å². The third-order valence-corrected chi connectivity index (χ3v) is 5.50. The van der Waals surface area contributed by atoms with E-state index >= 15 is 0 Å². The number of nitrogens with zero attached hydrogens (tertiary/aromatic N) is 3. The lowest BCUT2D eigenvalue weighted by Gasteiger charge is -2.08. The normalized spacial score (nSPS) is 10.8. The van der Waals surface area contributed by atoms with Crippen LogP contribution in [0.1, 0.15) is 28.9 Å². The Labute approximate surface area is 189 Å². The molecule has 0 saturated carbocycles. The van der Waals surface area contributed by atoms with Crippen LogP contribution in [-0.4, -0.2) is 15.5 Å². The zero-order valence-electron chi connectivity index (χ0n) is 18.7.